The van der Waals surface area contributed by atoms with Crippen LogP contribution in [0.1, 0.15) is 40.4 Å². The largest absolute Gasteiger partial charge is 0.476 e. The molecule has 0 saturated heterocycles. The Morgan fingerprint density at radius 2 is 1.45 bits per heavy atom. The van der Waals surface area contributed by atoms with Crippen molar-refractivity contribution >= 4 is 23.3 Å². The van der Waals surface area contributed by atoms with Gasteiger partial charge in [-0.05, 0) is 61.4 Å². The minimum absolute atomic E-state index is 0.0979. The Hall–Kier alpha value is -3.11. The van der Waals surface area contributed by atoms with Crippen LogP contribution < -0.4 is 10.1 Å². The van der Waals surface area contributed by atoms with Gasteiger partial charge in [0.05, 0.1) is 0 Å². The molecule has 0 heterocycles. The van der Waals surface area contributed by atoms with Gasteiger partial charge in [0.1, 0.15) is 5.75 Å². The summed E-state index contributed by atoms with van der Waals surface area (Å²) in [5.74, 6) is 0.275. The third kappa shape index (κ3) is 4.84. The molecule has 0 aromatic heterocycles. The summed E-state index contributed by atoms with van der Waals surface area (Å²) >= 11 is 5.88. The second-order valence-electron chi connectivity index (χ2n) is 7.05. The summed E-state index contributed by atoms with van der Waals surface area (Å²) in [4.78, 5) is 25.3. The summed E-state index contributed by atoms with van der Waals surface area (Å²) in [5.41, 5.74) is 1.89. The predicted octanol–water partition coefficient (Wildman–Crippen LogP) is 4.97. The molecule has 0 bridgehead atoms. The molecule has 0 radical (unpaired) electrons. The van der Waals surface area contributed by atoms with Crippen LogP contribution in [0.15, 0.2) is 78.9 Å². The average molecular weight is 406 g/mol. The molecule has 146 valence electrons. The fourth-order valence-electron chi connectivity index (χ4n) is 2.99. The van der Waals surface area contributed by atoms with Crippen molar-refractivity contribution in [3.05, 3.63) is 101 Å². The number of hydrogen-bond donors (Lipinski definition) is 1. The summed E-state index contributed by atoms with van der Waals surface area (Å²) in [7, 11) is 0. The van der Waals surface area contributed by atoms with Gasteiger partial charge in [-0.2, -0.15) is 0 Å². The first-order valence-electron chi connectivity index (χ1n) is 9.52. The van der Waals surface area contributed by atoms with Crippen molar-refractivity contribution in [2.24, 2.45) is 0 Å². The number of nitrogens with one attached hydrogen (secondary N) is 1. The molecule has 3 aromatic rings. The highest BCUT2D eigenvalue weighted by molar-refractivity contribution is 6.30. The zero-order chi connectivity index (χ0) is 20.2. The van der Waals surface area contributed by atoms with E-state index in [9.17, 15) is 9.59 Å². The van der Waals surface area contributed by atoms with E-state index >= 15 is 0 Å². The number of carbonyl (C=O) groups excluding carboxylic acids is 2. The fraction of sp³-hybridized carbons (Fsp3) is 0.167. The minimum atomic E-state index is -0.741. The SMILES string of the molecule is O=C(c1ccc(Cl)cc1)c1ccc(O[C@H](C(=O)NC2CC2)c2ccccc2)cc1. The lowest BCUT2D eigenvalue weighted by atomic mass is 10.0. The topological polar surface area (TPSA) is 55.4 Å². The van der Waals surface area contributed by atoms with E-state index in [4.69, 9.17) is 16.3 Å². The molecule has 1 saturated carbocycles. The molecule has 0 unspecified atom stereocenters. The van der Waals surface area contributed by atoms with Crippen molar-refractivity contribution in [3.8, 4) is 5.75 Å². The van der Waals surface area contributed by atoms with E-state index in [1.165, 1.54) is 0 Å². The highest BCUT2D eigenvalue weighted by Gasteiger charge is 2.29. The Labute approximate surface area is 174 Å². The van der Waals surface area contributed by atoms with E-state index in [0.717, 1.165) is 18.4 Å². The summed E-state index contributed by atoms with van der Waals surface area (Å²) < 4.78 is 6.01. The number of carbonyl (C=O) groups is 2. The van der Waals surface area contributed by atoms with Gasteiger partial charge in [-0.15, -0.1) is 0 Å². The maximum absolute atomic E-state index is 12.7. The average Bonchev–Trinajstić information content (AvgIpc) is 3.57. The minimum Gasteiger partial charge on any atom is -0.476 e. The van der Waals surface area contributed by atoms with Gasteiger partial charge in [0, 0.05) is 27.8 Å². The molecule has 5 heteroatoms. The van der Waals surface area contributed by atoms with Gasteiger partial charge >= 0.3 is 0 Å². The van der Waals surface area contributed by atoms with Crippen LogP contribution in [-0.2, 0) is 4.79 Å². The molecule has 1 atom stereocenters. The molecule has 1 aliphatic carbocycles. The third-order valence-electron chi connectivity index (χ3n) is 4.74. The molecule has 4 nitrogen and oxygen atoms in total. The smallest absolute Gasteiger partial charge is 0.266 e. The molecule has 0 aliphatic heterocycles. The maximum atomic E-state index is 12.7. The van der Waals surface area contributed by atoms with Crippen LogP contribution in [0.25, 0.3) is 0 Å². The van der Waals surface area contributed by atoms with E-state index in [0.29, 0.717) is 21.9 Å². The van der Waals surface area contributed by atoms with Crippen molar-refractivity contribution in [2.45, 2.75) is 25.0 Å². The van der Waals surface area contributed by atoms with Gasteiger partial charge in [-0.1, -0.05) is 41.9 Å². The Balaban J connectivity index is 1.51. The predicted molar refractivity (Wildman–Crippen MR) is 112 cm³/mol. The number of halogens is 1. The third-order valence-corrected chi connectivity index (χ3v) is 4.99. The van der Waals surface area contributed by atoms with Crippen molar-refractivity contribution in [1.82, 2.24) is 5.32 Å². The van der Waals surface area contributed by atoms with E-state index in [2.05, 4.69) is 5.32 Å². The van der Waals surface area contributed by atoms with Gasteiger partial charge < -0.3 is 10.1 Å². The fourth-order valence-corrected chi connectivity index (χ4v) is 3.12. The Morgan fingerprint density at radius 1 is 0.862 bits per heavy atom. The molecule has 1 aliphatic rings. The van der Waals surface area contributed by atoms with Crippen LogP contribution in [0, 0.1) is 0 Å². The Morgan fingerprint density at radius 3 is 2.03 bits per heavy atom. The Bertz CT molecular complexity index is 997. The van der Waals surface area contributed by atoms with Gasteiger partial charge in [0.2, 0.25) is 6.10 Å². The second-order valence-corrected chi connectivity index (χ2v) is 7.49. The van der Waals surface area contributed by atoms with Crippen molar-refractivity contribution in [2.75, 3.05) is 0 Å². The van der Waals surface area contributed by atoms with Gasteiger partial charge in [-0.25, -0.2) is 0 Å². The lowest BCUT2D eigenvalue weighted by Gasteiger charge is -2.19. The molecule has 1 fully saturated rings. The number of rotatable bonds is 7. The number of ether oxygens (including phenoxy) is 1. The van der Waals surface area contributed by atoms with E-state index in [1.54, 1.807) is 48.5 Å². The van der Waals surface area contributed by atoms with Crippen LogP contribution in [0.3, 0.4) is 0 Å². The lowest BCUT2D eigenvalue weighted by molar-refractivity contribution is -0.128. The first-order chi connectivity index (χ1) is 14.1. The molecule has 3 aromatic carbocycles. The van der Waals surface area contributed by atoms with Crippen LogP contribution in [0.2, 0.25) is 5.02 Å². The van der Waals surface area contributed by atoms with Crippen LogP contribution in [0.5, 0.6) is 5.75 Å². The maximum Gasteiger partial charge on any atom is 0.266 e. The highest BCUT2D eigenvalue weighted by atomic mass is 35.5. The number of benzene rings is 3. The van der Waals surface area contributed by atoms with E-state index in [1.807, 2.05) is 30.3 Å². The molecule has 1 amide bonds. The summed E-state index contributed by atoms with van der Waals surface area (Å²) in [6.45, 7) is 0. The standard InChI is InChI=1S/C24H20ClNO3/c25-19-10-6-16(7-11-19)22(27)17-8-14-21(15-9-17)29-23(18-4-2-1-3-5-18)24(28)26-20-12-13-20/h1-11,14-15,20,23H,12-13H2,(H,26,28)/t23-/m0/s1. The number of hydrogen-bond acceptors (Lipinski definition) is 3. The monoisotopic (exact) mass is 405 g/mol. The summed E-state index contributed by atoms with van der Waals surface area (Å²) in [5, 5.41) is 3.58. The summed E-state index contributed by atoms with van der Waals surface area (Å²) in [6, 6.07) is 23.2. The zero-order valence-corrected chi connectivity index (χ0v) is 16.4. The molecule has 0 spiro atoms. The quantitative estimate of drug-likeness (QED) is 0.564. The van der Waals surface area contributed by atoms with Crippen molar-refractivity contribution in [3.63, 3.8) is 0 Å². The molecule has 4 rings (SSSR count). The number of ketones is 1. The molecular formula is C24H20ClNO3. The molecule has 1 N–H and O–H groups in total. The van der Waals surface area contributed by atoms with E-state index < -0.39 is 6.10 Å². The lowest BCUT2D eigenvalue weighted by Crippen LogP contribution is -2.33. The highest BCUT2D eigenvalue weighted by Crippen LogP contribution is 2.26. The van der Waals surface area contributed by atoms with Gasteiger partial charge in [0.15, 0.2) is 5.78 Å². The Kier molecular flexibility index (Phi) is 5.63. The molecule has 29 heavy (non-hydrogen) atoms. The van der Waals surface area contributed by atoms with Crippen LogP contribution >= 0.6 is 11.6 Å². The van der Waals surface area contributed by atoms with Crippen molar-refractivity contribution < 1.29 is 14.3 Å². The molecular weight excluding hydrogens is 386 g/mol. The number of amides is 1. The van der Waals surface area contributed by atoms with E-state index in [-0.39, 0.29) is 17.7 Å². The zero-order valence-electron chi connectivity index (χ0n) is 15.7. The second kappa shape index (κ2) is 8.50. The van der Waals surface area contributed by atoms with Gasteiger partial charge in [-0.3, -0.25) is 9.59 Å². The van der Waals surface area contributed by atoms with Gasteiger partial charge in [0.25, 0.3) is 5.91 Å². The first-order valence-corrected chi connectivity index (χ1v) is 9.90. The van der Waals surface area contributed by atoms with Crippen LogP contribution in [-0.4, -0.2) is 17.7 Å². The van der Waals surface area contributed by atoms with Crippen molar-refractivity contribution in [1.29, 1.82) is 0 Å². The summed E-state index contributed by atoms with van der Waals surface area (Å²) in [6.07, 6.45) is 1.28. The van der Waals surface area contributed by atoms with Crippen LogP contribution in [0.4, 0.5) is 0 Å². The normalized spacial score (nSPS) is 14.1. The first kappa shape index (κ1) is 19.2.